The molecule has 7 nitrogen and oxygen atoms in total. The van der Waals surface area contributed by atoms with Gasteiger partial charge in [-0.3, -0.25) is 25.8 Å². The van der Waals surface area contributed by atoms with Crippen molar-refractivity contribution in [1.82, 2.24) is 16.2 Å². The van der Waals surface area contributed by atoms with E-state index >= 15 is 0 Å². The van der Waals surface area contributed by atoms with Gasteiger partial charge in [-0.2, -0.15) is 0 Å². The second kappa shape index (κ2) is 11.7. The molecule has 0 radical (unpaired) electrons. The molecule has 30 heavy (non-hydrogen) atoms. The van der Waals surface area contributed by atoms with Crippen LogP contribution >= 0.6 is 34.8 Å². The molecule has 160 valence electrons. The van der Waals surface area contributed by atoms with Crippen molar-refractivity contribution in [1.29, 1.82) is 0 Å². The quantitative estimate of drug-likeness (QED) is 0.283. The molecule has 0 heterocycles. The van der Waals surface area contributed by atoms with Crippen LogP contribution in [-0.2, 0) is 4.79 Å². The molecule has 0 bridgehead atoms. The predicted octanol–water partition coefficient (Wildman–Crippen LogP) is 3.53. The summed E-state index contributed by atoms with van der Waals surface area (Å²) in [6.07, 6.45) is 1.06. The Balaban J connectivity index is 1.75. The van der Waals surface area contributed by atoms with E-state index in [1.54, 1.807) is 25.3 Å². The molecule has 0 fully saturated rings. The van der Waals surface area contributed by atoms with Gasteiger partial charge < -0.3 is 9.47 Å². The van der Waals surface area contributed by atoms with Gasteiger partial charge in [0.15, 0.2) is 11.7 Å². The summed E-state index contributed by atoms with van der Waals surface area (Å²) in [6.45, 7) is 4.10. The van der Waals surface area contributed by atoms with E-state index in [-0.39, 0.29) is 11.7 Å². The third-order valence-electron chi connectivity index (χ3n) is 4.39. The van der Waals surface area contributed by atoms with Gasteiger partial charge in [-0.15, -0.1) is 0 Å². The van der Waals surface area contributed by atoms with Gasteiger partial charge in [0, 0.05) is 5.56 Å². The molecule has 0 spiro atoms. The molecular weight excluding hydrogens is 517 g/mol. The molecule has 1 atom stereocenters. The average molecular weight is 541 g/mol. The van der Waals surface area contributed by atoms with E-state index in [1.807, 2.05) is 24.3 Å². The first kappa shape index (κ1) is 23.9. The monoisotopic (exact) mass is 541 g/mol. The molecular formula is C21H24IN3O4S. The van der Waals surface area contributed by atoms with Crippen LogP contribution in [0.2, 0.25) is 0 Å². The van der Waals surface area contributed by atoms with Crippen molar-refractivity contribution in [2.24, 2.45) is 0 Å². The number of nitrogens with one attached hydrogen (secondary N) is 3. The zero-order valence-electron chi connectivity index (χ0n) is 17.0. The molecule has 0 saturated heterocycles. The van der Waals surface area contributed by atoms with Gasteiger partial charge in [0.1, 0.15) is 11.5 Å². The average Bonchev–Trinajstić information content (AvgIpc) is 2.75. The number of benzene rings is 2. The Morgan fingerprint density at radius 2 is 1.83 bits per heavy atom. The summed E-state index contributed by atoms with van der Waals surface area (Å²) in [5.41, 5.74) is 6.51. The van der Waals surface area contributed by atoms with Crippen molar-refractivity contribution in [2.75, 3.05) is 13.7 Å². The largest absolute Gasteiger partial charge is 0.496 e. The minimum Gasteiger partial charge on any atom is -0.496 e. The molecule has 0 aliphatic carbocycles. The van der Waals surface area contributed by atoms with Crippen molar-refractivity contribution >= 4 is 51.7 Å². The molecule has 0 aliphatic rings. The normalized spacial score (nSPS) is 11.2. The maximum Gasteiger partial charge on any atom is 0.276 e. The molecule has 0 aromatic heterocycles. The van der Waals surface area contributed by atoms with Crippen molar-refractivity contribution in [3.8, 4) is 11.5 Å². The highest BCUT2D eigenvalue weighted by molar-refractivity contribution is 14.1. The molecule has 2 amide bonds. The third kappa shape index (κ3) is 7.13. The first-order valence-electron chi connectivity index (χ1n) is 9.30. The Hall–Kier alpha value is -2.40. The minimum absolute atomic E-state index is 0.0305. The van der Waals surface area contributed by atoms with Gasteiger partial charge in [-0.1, -0.05) is 26.0 Å². The highest BCUT2D eigenvalue weighted by Gasteiger charge is 2.11. The van der Waals surface area contributed by atoms with Gasteiger partial charge in [0.05, 0.1) is 10.7 Å². The standard InChI is InChI=1S/C21H24IN3O4S/c1-4-13(2)14-5-8-16(9-6-14)29-12-19(26)24-25-21(30)23-20(27)15-7-10-18(28-3)17(22)11-15/h5-11,13H,4,12H2,1-3H3,(H,24,26)(H2,23,25,27,30)/t13-/m0/s1. The molecule has 3 N–H and O–H groups in total. The molecule has 0 saturated carbocycles. The first-order chi connectivity index (χ1) is 14.3. The topological polar surface area (TPSA) is 88.7 Å². The van der Waals surface area contributed by atoms with Crippen molar-refractivity contribution in [2.45, 2.75) is 26.2 Å². The number of methoxy groups -OCH3 is 1. The number of hydrazine groups is 1. The summed E-state index contributed by atoms with van der Waals surface area (Å²) in [5, 5.41) is 2.46. The van der Waals surface area contributed by atoms with E-state index in [4.69, 9.17) is 21.7 Å². The van der Waals surface area contributed by atoms with E-state index in [2.05, 4.69) is 52.6 Å². The number of ether oxygens (including phenoxy) is 2. The fourth-order valence-electron chi connectivity index (χ4n) is 2.45. The first-order valence-corrected chi connectivity index (χ1v) is 10.8. The minimum atomic E-state index is -0.434. The summed E-state index contributed by atoms with van der Waals surface area (Å²) in [5.74, 6) is 0.914. The summed E-state index contributed by atoms with van der Waals surface area (Å²) in [7, 11) is 1.56. The Morgan fingerprint density at radius 1 is 1.13 bits per heavy atom. The van der Waals surface area contributed by atoms with E-state index in [9.17, 15) is 9.59 Å². The van der Waals surface area contributed by atoms with Gasteiger partial charge in [0.2, 0.25) is 0 Å². The Labute approximate surface area is 195 Å². The number of carbonyl (C=O) groups excluding carboxylic acids is 2. The van der Waals surface area contributed by atoms with Crippen LogP contribution in [0.25, 0.3) is 0 Å². The van der Waals surface area contributed by atoms with Crippen molar-refractivity contribution in [3.05, 3.63) is 57.2 Å². The molecule has 2 aromatic rings. The molecule has 2 rings (SSSR count). The number of carbonyl (C=O) groups is 2. The van der Waals surface area contributed by atoms with E-state index in [1.165, 1.54) is 5.56 Å². The Kier molecular flexibility index (Phi) is 9.31. The Morgan fingerprint density at radius 3 is 2.43 bits per heavy atom. The third-order valence-corrected chi connectivity index (χ3v) is 5.44. The van der Waals surface area contributed by atoms with Gasteiger partial charge in [-0.05, 0) is 83.0 Å². The summed E-state index contributed by atoms with van der Waals surface area (Å²) in [4.78, 5) is 24.2. The van der Waals surface area contributed by atoms with E-state index in [0.29, 0.717) is 23.0 Å². The number of rotatable bonds is 7. The summed E-state index contributed by atoms with van der Waals surface area (Å²) < 4.78 is 11.4. The van der Waals surface area contributed by atoms with E-state index in [0.717, 1.165) is 9.99 Å². The number of thiocarbonyl (C=S) groups is 1. The SMILES string of the molecule is CC[C@H](C)c1ccc(OCC(=O)NNC(=S)NC(=O)c2ccc(OC)c(I)c2)cc1. The maximum absolute atomic E-state index is 12.2. The van der Waals surface area contributed by atoms with Crippen LogP contribution in [0.4, 0.5) is 0 Å². The number of amides is 2. The lowest BCUT2D eigenvalue weighted by Gasteiger charge is -2.13. The highest BCUT2D eigenvalue weighted by Crippen LogP contribution is 2.22. The number of hydrogen-bond donors (Lipinski definition) is 3. The number of hydrogen-bond acceptors (Lipinski definition) is 5. The smallest absolute Gasteiger partial charge is 0.276 e. The molecule has 0 unspecified atom stereocenters. The van der Waals surface area contributed by atoms with Gasteiger partial charge in [0.25, 0.3) is 11.8 Å². The van der Waals surface area contributed by atoms with Crippen LogP contribution in [0.3, 0.4) is 0 Å². The zero-order valence-corrected chi connectivity index (χ0v) is 19.9. The molecule has 9 heteroatoms. The van der Waals surface area contributed by atoms with Crippen LogP contribution in [0.1, 0.15) is 42.1 Å². The Bertz CT molecular complexity index is 906. The van der Waals surface area contributed by atoms with Gasteiger partial charge >= 0.3 is 0 Å². The second-order valence-electron chi connectivity index (χ2n) is 6.47. The van der Waals surface area contributed by atoms with Crippen LogP contribution < -0.4 is 25.6 Å². The molecule has 0 aliphatic heterocycles. The second-order valence-corrected chi connectivity index (χ2v) is 8.04. The highest BCUT2D eigenvalue weighted by atomic mass is 127. The zero-order chi connectivity index (χ0) is 22.1. The van der Waals surface area contributed by atoms with Crippen LogP contribution in [0.5, 0.6) is 11.5 Å². The lowest BCUT2D eigenvalue weighted by Crippen LogP contribution is -2.49. The van der Waals surface area contributed by atoms with E-state index < -0.39 is 11.8 Å². The van der Waals surface area contributed by atoms with Crippen molar-refractivity contribution < 1.29 is 19.1 Å². The summed E-state index contributed by atoms with van der Waals surface area (Å²) in [6, 6.07) is 12.7. The van der Waals surface area contributed by atoms with Crippen LogP contribution in [0.15, 0.2) is 42.5 Å². The lowest BCUT2D eigenvalue weighted by molar-refractivity contribution is -0.123. The lowest BCUT2D eigenvalue weighted by atomic mass is 9.99. The predicted molar refractivity (Wildman–Crippen MR) is 128 cm³/mol. The van der Waals surface area contributed by atoms with Gasteiger partial charge in [-0.25, -0.2) is 0 Å². The molecule has 2 aromatic carbocycles. The maximum atomic E-state index is 12.2. The summed E-state index contributed by atoms with van der Waals surface area (Å²) >= 11 is 7.11. The fraction of sp³-hybridized carbons (Fsp3) is 0.286. The van der Waals surface area contributed by atoms with Crippen LogP contribution in [0, 0.1) is 3.57 Å². The van der Waals surface area contributed by atoms with Crippen molar-refractivity contribution in [3.63, 3.8) is 0 Å². The number of halogens is 1. The fourth-order valence-corrected chi connectivity index (χ4v) is 3.33. The van der Waals surface area contributed by atoms with Crippen LogP contribution in [-0.4, -0.2) is 30.6 Å².